The van der Waals surface area contributed by atoms with Crippen molar-refractivity contribution >= 4 is 28.4 Å². The van der Waals surface area contributed by atoms with Crippen molar-refractivity contribution in [1.29, 1.82) is 0 Å². The third kappa shape index (κ3) is 5.19. The molecule has 0 fully saturated rings. The Labute approximate surface area is 214 Å². The summed E-state index contributed by atoms with van der Waals surface area (Å²) < 4.78 is 7.57. The van der Waals surface area contributed by atoms with Crippen molar-refractivity contribution in [2.24, 2.45) is 0 Å². The molecule has 2 aromatic carbocycles. The first-order chi connectivity index (χ1) is 17.6. The highest BCUT2D eigenvalue weighted by Crippen LogP contribution is 2.36. The highest BCUT2D eigenvalue weighted by molar-refractivity contribution is 7.97. The van der Waals surface area contributed by atoms with E-state index in [2.05, 4.69) is 58.2 Å². The Balaban J connectivity index is 1.40. The summed E-state index contributed by atoms with van der Waals surface area (Å²) in [7, 11) is 5.72. The molecule has 36 heavy (non-hydrogen) atoms. The van der Waals surface area contributed by atoms with Gasteiger partial charge in [0.25, 0.3) is 0 Å². The number of ether oxygens (including phenoxy) is 1. The zero-order valence-electron chi connectivity index (χ0n) is 20.5. The van der Waals surface area contributed by atoms with E-state index in [1.165, 1.54) is 11.9 Å². The van der Waals surface area contributed by atoms with E-state index in [9.17, 15) is 0 Å². The van der Waals surface area contributed by atoms with Gasteiger partial charge in [0, 0.05) is 52.8 Å². The van der Waals surface area contributed by atoms with Gasteiger partial charge in [-0.2, -0.15) is 5.10 Å². The molecule has 0 atom stereocenters. The van der Waals surface area contributed by atoms with Crippen molar-refractivity contribution in [3.8, 4) is 28.1 Å². The van der Waals surface area contributed by atoms with E-state index in [0.29, 0.717) is 12.5 Å². The van der Waals surface area contributed by atoms with Gasteiger partial charge in [-0.15, -0.1) is 4.89 Å². The number of hydrogen-bond acceptors (Lipinski definition) is 8. The molecule has 0 radical (unpaired) electrons. The smallest absolute Gasteiger partial charge is 0.213 e. The van der Waals surface area contributed by atoms with Gasteiger partial charge < -0.3 is 9.64 Å². The Morgan fingerprint density at radius 3 is 2.53 bits per heavy atom. The topological polar surface area (TPSA) is 76.8 Å². The lowest BCUT2D eigenvalue weighted by Crippen LogP contribution is -2.15. The predicted molar refractivity (Wildman–Crippen MR) is 144 cm³/mol. The standard InChI is InChI=1S/C27H28N6O2S/c1-32(2)13-6-14-35-26-12-9-19(15-28-26)20-16-29-27-24(17-30-33(27)18-20)22-10-11-25(36-31-34-3)23-8-5-4-7-21(22)23/h4-5,7-12,15-18,31H,6,13-14H2,1-3H3. The average Bonchev–Trinajstić information content (AvgIpc) is 3.33. The molecule has 0 bridgehead atoms. The molecule has 8 nitrogen and oxygen atoms in total. The first kappa shape index (κ1) is 24.2. The Morgan fingerprint density at radius 1 is 0.917 bits per heavy atom. The summed E-state index contributed by atoms with van der Waals surface area (Å²) in [6.45, 7) is 1.63. The van der Waals surface area contributed by atoms with Crippen LogP contribution in [0.4, 0.5) is 0 Å². The van der Waals surface area contributed by atoms with Gasteiger partial charge in [0.15, 0.2) is 5.65 Å². The van der Waals surface area contributed by atoms with Crippen LogP contribution in [0.2, 0.25) is 0 Å². The summed E-state index contributed by atoms with van der Waals surface area (Å²) in [4.78, 5) is 20.3. The first-order valence-electron chi connectivity index (χ1n) is 11.7. The fraction of sp³-hybridized carbons (Fsp3) is 0.222. The van der Waals surface area contributed by atoms with E-state index < -0.39 is 0 Å². The maximum absolute atomic E-state index is 5.75. The summed E-state index contributed by atoms with van der Waals surface area (Å²) in [5.41, 5.74) is 4.76. The fourth-order valence-corrected chi connectivity index (χ4v) is 4.69. The Bertz CT molecular complexity index is 1470. The summed E-state index contributed by atoms with van der Waals surface area (Å²) >= 11 is 1.44. The number of nitrogens with zero attached hydrogens (tertiary/aromatic N) is 5. The molecule has 0 amide bonds. The first-order valence-corrected chi connectivity index (χ1v) is 12.5. The highest BCUT2D eigenvalue weighted by Gasteiger charge is 2.14. The monoisotopic (exact) mass is 500 g/mol. The zero-order chi connectivity index (χ0) is 24.9. The number of pyridine rings is 1. The second-order valence-electron chi connectivity index (χ2n) is 8.61. The minimum Gasteiger partial charge on any atom is -0.478 e. The molecular formula is C27H28N6O2S. The molecular weight excluding hydrogens is 472 g/mol. The van der Waals surface area contributed by atoms with Crippen LogP contribution >= 0.6 is 11.9 Å². The molecule has 0 aliphatic rings. The van der Waals surface area contributed by atoms with Gasteiger partial charge in [-0.05, 0) is 60.9 Å². The largest absolute Gasteiger partial charge is 0.478 e. The molecule has 0 aliphatic carbocycles. The van der Waals surface area contributed by atoms with Crippen molar-refractivity contribution in [1.82, 2.24) is 29.4 Å². The molecule has 184 valence electrons. The number of hydrogen-bond donors (Lipinski definition) is 1. The van der Waals surface area contributed by atoms with E-state index in [1.54, 1.807) is 7.11 Å². The molecule has 5 rings (SSSR count). The number of fused-ring (bicyclic) bond motifs is 2. The third-order valence-corrected chi connectivity index (χ3v) is 6.66. The Kier molecular flexibility index (Phi) is 7.43. The van der Waals surface area contributed by atoms with Gasteiger partial charge in [-0.1, -0.05) is 30.3 Å². The molecule has 0 aliphatic heterocycles. The molecule has 5 aromatic rings. The average molecular weight is 501 g/mol. The fourth-order valence-electron chi connectivity index (χ4n) is 4.09. The number of nitrogens with one attached hydrogen (secondary N) is 1. The minimum absolute atomic E-state index is 0.627. The van der Waals surface area contributed by atoms with Gasteiger partial charge >= 0.3 is 0 Å². The summed E-state index contributed by atoms with van der Waals surface area (Å²) in [6, 6.07) is 16.4. The lowest BCUT2D eigenvalue weighted by atomic mass is 10.00. The van der Waals surface area contributed by atoms with E-state index in [0.717, 1.165) is 56.5 Å². The van der Waals surface area contributed by atoms with Crippen LogP contribution in [0.5, 0.6) is 5.88 Å². The molecule has 3 heterocycles. The van der Waals surface area contributed by atoms with Crippen LogP contribution in [-0.2, 0) is 4.84 Å². The third-order valence-electron chi connectivity index (χ3n) is 5.83. The number of rotatable bonds is 10. The van der Waals surface area contributed by atoms with Crippen LogP contribution < -0.4 is 9.62 Å². The van der Waals surface area contributed by atoms with Crippen molar-refractivity contribution < 1.29 is 9.57 Å². The summed E-state index contributed by atoms with van der Waals surface area (Å²) in [5, 5.41) is 6.88. The van der Waals surface area contributed by atoms with Crippen molar-refractivity contribution in [2.75, 3.05) is 34.4 Å². The summed E-state index contributed by atoms with van der Waals surface area (Å²) in [5.74, 6) is 0.627. The number of benzene rings is 2. The van der Waals surface area contributed by atoms with Gasteiger partial charge in [0.1, 0.15) is 0 Å². The number of aromatic nitrogens is 4. The van der Waals surface area contributed by atoms with Gasteiger partial charge in [-0.3, -0.25) is 4.84 Å². The maximum Gasteiger partial charge on any atom is 0.213 e. The van der Waals surface area contributed by atoms with Crippen molar-refractivity contribution in [3.63, 3.8) is 0 Å². The van der Waals surface area contributed by atoms with E-state index >= 15 is 0 Å². The van der Waals surface area contributed by atoms with Gasteiger partial charge in [0.2, 0.25) is 5.88 Å². The predicted octanol–water partition coefficient (Wildman–Crippen LogP) is 5.10. The van der Waals surface area contributed by atoms with Gasteiger partial charge in [0.05, 0.1) is 19.9 Å². The van der Waals surface area contributed by atoms with Crippen LogP contribution in [0.3, 0.4) is 0 Å². The minimum atomic E-state index is 0.627. The zero-order valence-corrected chi connectivity index (χ0v) is 21.3. The Hall–Kier alpha value is -3.50. The molecule has 1 N–H and O–H groups in total. The van der Waals surface area contributed by atoms with Crippen LogP contribution in [-0.4, -0.2) is 58.8 Å². The SMILES string of the molecule is CONSc1ccc(-c2cnn3cc(-c4ccc(OCCCN(C)C)nc4)cnc23)c2ccccc12. The molecule has 0 unspecified atom stereocenters. The van der Waals surface area contributed by atoms with E-state index in [-0.39, 0.29) is 0 Å². The van der Waals surface area contributed by atoms with Gasteiger partial charge in [-0.25, -0.2) is 14.5 Å². The summed E-state index contributed by atoms with van der Waals surface area (Å²) in [6.07, 6.45) is 8.49. The second kappa shape index (κ2) is 11.0. The van der Waals surface area contributed by atoms with Crippen molar-refractivity contribution in [2.45, 2.75) is 11.3 Å². The van der Waals surface area contributed by atoms with Crippen LogP contribution in [0, 0.1) is 0 Å². The van der Waals surface area contributed by atoms with Crippen LogP contribution in [0.15, 0.2) is 78.2 Å². The molecule has 3 aromatic heterocycles. The van der Waals surface area contributed by atoms with E-state index in [1.807, 2.05) is 53.6 Å². The van der Waals surface area contributed by atoms with E-state index in [4.69, 9.17) is 14.6 Å². The quantitative estimate of drug-likeness (QED) is 0.161. The van der Waals surface area contributed by atoms with Crippen LogP contribution in [0.25, 0.3) is 38.7 Å². The molecule has 9 heteroatoms. The second-order valence-corrected chi connectivity index (χ2v) is 9.42. The lowest BCUT2D eigenvalue weighted by Gasteiger charge is -2.11. The Morgan fingerprint density at radius 2 is 1.75 bits per heavy atom. The maximum atomic E-state index is 5.75. The molecule has 0 saturated heterocycles. The molecule has 0 spiro atoms. The molecule has 0 saturated carbocycles. The normalized spacial score (nSPS) is 11.6. The lowest BCUT2D eigenvalue weighted by molar-refractivity contribution is 0.163. The van der Waals surface area contributed by atoms with Crippen LogP contribution in [0.1, 0.15) is 6.42 Å². The van der Waals surface area contributed by atoms with Crippen molar-refractivity contribution in [3.05, 3.63) is 73.3 Å². The highest BCUT2D eigenvalue weighted by atomic mass is 32.2.